The molecule has 1 fully saturated rings. The summed E-state index contributed by atoms with van der Waals surface area (Å²) < 4.78 is 0. The molecule has 25 heavy (non-hydrogen) atoms. The van der Waals surface area contributed by atoms with Crippen LogP contribution in [0.3, 0.4) is 0 Å². The van der Waals surface area contributed by atoms with Gasteiger partial charge in [-0.3, -0.25) is 9.88 Å². The highest BCUT2D eigenvalue weighted by atomic mass is 15.3. The topological polar surface area (TPSA) is 35.2 Å². The first kappa shape index (κ1) is 16.3. The summed E-state index contributed by atoms with van der Waals surface area (Å²) in [6.07, 6.45) is 3.88. The van der Waals surface area contributed by atoms with Gasteiger partial charge in [0, 0.05) is 60.7 Å². The van der Waals surface area contributed by atoms with Crippen LogP contribution < -0.4 is 0 Å². The minimum absolute atomic E-state index is 0.254. The van der Waals surface area contributed by atoms with Gasteiger partial charge in [-0.05, 0) is 31.2 Å². The Morgan fingerprint density at radius 2 is 1.88 bits per heavy atom. The molecule has 0 radical (unpaired) electrons. The number of aryl methyl sites for hydroxylation is 1. The van der Waals surface area contributed by atoms with E-state index in [1.165, 1.54) is 27.7 Å². The van der Waals surface area contributed by atoms with Crippen LogP contribution in [0.1, 0.15) is 29.8 Å². The van der Waals surface area contributed by atoms with Crippen molar-refractivity contribution in [3.8, 4) is 0 Å². The van der Waals surface area contributed by atoms with Gasteiger partial charge in [-0.1, -0.05) is 31.2 Å². The lowest BCUT2D eigenvalue weighted by Gasteiger charge is -2.39. The summed E-state index contributed by atoms with van der Waals surface area (Å²) in [5, 5.41) is 1.33. The summed E-state index contributed by atoms with van der Waals surface area (Å²) in [6, 6.07) is 13.2. The predicted molar refractivity (Wildman–Crippen MR) is 103 cm³/mol. The highest BCUT2D eigenvalue weighted by Crippen LogP contribution is 2.36. The molecule has 0 unspecified atom stereocenters. The molecule has 1 aromatic carbocycles. The second-order valence-electron chi connectivity index (χ2n) is 6.87. The zero-order valence-electron chi connectivity index (χ0n) is 15.1. The lowest BCUT2D eigenvalue weighted by atomic mass is 9.95. The predicted octanol–water partition coefficient (Wildman–Crippen LogP) is 3.60. The van der Waals surface area contributed by atoms with Crippen molar-refractivity contribution in [2.24, 2.45) is 0 Å². The monoisotopic (exact) mass is 334 g/mol. The first-order chi connectivity index (χ1) is 12.3. The van der Waals surface area contributed by atoms with Crippen molar-refractivity contribution in [1.29, 1.82) is 0 Å². The Balaban J connectivity index is 1.79. The minimum atomic E-state index is 0.254. The number of hydrogen-bond acceptors (Lipinski definition) is 3. The van der Waals surface area contributed by atoms with Gasteiger partial charge in [0.2, 0.25) is 0 Å². The molecule has 0 amide bonds. The maximum absolute atomic E-state index is 4.40. The molecule has 1 N–H and O–H groups in total. The molecule has 130 valence electrons. The number of H-pyrrole nitrogens is 1. The average Bonchev–Trinajstić information content (AvgIpc) is 3.00. The molecule has 2 aromatic heterocycles. The van der Waals surface area contributed by atoms with Crippen LogP contribution in [0.4, 0.5) is 0 Å². The van der Waals surface area contributed by atoms with Crippen molar-refractivity contribution in [2.75, 3.05) is 32.7 Å². The van der Waals surface area contributed by atoms with Crippen molar-refractivity contribution in [3.63, 3.8) is 0 Å². The van der Waals surface area contributed by atoms with Crippen molar-refractivity contribution in [2.45, 2.75) is 19.9 Å². The van der Waals surface area contributed by atoms with E-state index >= 15 is 0 Å². The molecule has 4 nitrogen and oxygen atoms in total. The van der Waals surface area contributed by atoms with Gasteiger partial charge in [0.25, 0.3) is 0 Å². The number of hydrogen-bond donors (Lipinski definition) is 1. The fraction of sp³-hybridized carbons (Fsp3) is 0.381. The van der Waals surface area contributed by atoms with Crippen molar-refractivity contribution in [1.82, 2.24) is 19.8 Å². The summed E-state index contributed by atoms with van der Waals surface area (Å²) in [5.41, 5.74) is 5.15. The molecule has 0 saturated carbocycles. The molecule has 1 aliphatic heterocycles. The molecular formula is C21H26N4. The number of aromatic amines is 1. The second kappa shape index (κ2) is 6.98. The van der Waals surface area contributed by atoms with Crippen LogP contribution in [0.15, 0.2) is 48.8 Å². The fourth-order valence-electron chi connectivity index (χ4n) is 4.09. The van der Waals surface area contributed by atoms with Crippen LogP contribution in [-0.4, -0.2) is 52.5 Å². The van der Waals surface area contributed by atoms with Crippen LogP contribution in [0, 0.1) is 6.92 Å². The quantitative estimate of drug-likeness (QED) is 0.792. The smallest absolute Gasteiger partial charge is 0.0641 e. The maximum Gasteiger partial charge on any atom is 0.0641 e. The lowest BCUT2D eigenvalue weighted by molar-refractivity contribution is 0.113. The Hall–Kier alpha value is -2.17. The summed E-state index contributed by atoms with van der Waals surface area (Å²) in [7, 11) is 0. The van der Waals surface area contributed by atoms with Gasteiger partial charge < -0.3 is 9.88 Å². The van der Waals surface area contributed by atoms with Crippen LogP contribution in [0.2, 0.25) is 0 Å². The normalized spacial score (nSPS) is 17.8. The Bertz CT molecular complexity index is 831. The first-order valence-electron chi connectivity index (χ1n) is 9.21. The maximum atomic E-state index is 4.40. The Morgan fingerprint density at radius 3 is 2.60 bits per heavy atom. The van der Waals surface area contributed by atoms with Crippen molar-refractivity contribution >= 4 is 10.9 Å². The van der Waals surface area contributed by atoms with E-state index in [0.29, 0.717) is 0 Å². The van der Waals surface area contributed by atoms with E-state index in [1.54, 1.807) is 0 Å². The van der Waals surface area contributed by atoms with Crippen LogP contribution in [-0.2, 0) is 0 Å². The number of aromatic nitrogens is 2. The third-order valence-electron chi connectivity index (χ3n) is 5.44. The lowest BCUT2D eigenvalue weighted by Crippen LogP contribution is -2.47. The molecule has 0 spiro atoms. The van der Waals surface area contributed by atoms with Crippen LogP contribution >= 0.6 is 0 Å². The standard InChI is InChI=1S/C21H26N4/c1-3-24-11-13-25(14-12-24)21(17-7-6-10-22-15-17)20-16(2)23-19-9-5-4-8-18(19)20/h4-10,15,21,23H,3,11-14H2,1-2H3/t21-/m0/s1. The number of para-hydroxylation sites is 1. The Labute approximate surface area is 149 Å². The molecule has 1 aliphatic rings. The molecule has 4 rings (SSSR count). The molecule has 1 atom stereocenters. The number of rotatable bonds is 4. The van der Waals surface area contributed by atoms with E-state index in [9.17, 15) is 0 Å². The number of nitrogens with one attached hydrogen (secondary N) is 1. The van der Waals surface area contributed by atoms with E-state index in [1.807, 2.05) is 12.4 Å². The highest BCUT2D eigenvalue weighted by Gasteiger charge is 2.29. The number of fused-ring (bicyclic) bond motifs is 1. The van der Waals surface area contributed by atoms with Gasteiger partial charge in [-0.25, -0.2) is 0 Å². The van der Waals surface area contributed by atoms with Gasteiger partial charge in [0.15, 0.2) is 0 Å². The third kappa shape index (κ3) is 3.08. The fourth-order valence-corrected chi connectivity index (χ4v) is 4.09. The summed E-state index contributed by atoms with van der Waals surface area (Å²) in [4.78, 5) is 13.1. The van der Waals surface area contributed by atoms with Gasteiger partial charge in [-0.15, -0.1) is 0 Å². The van der Waals surface area contributed by atoms with E-state index in [0.717, 1.165) is 32.7 Å². The number of nitrogens with zero attached hydrogens (tertiary/aromatic N) is 3. The number of piperazine rings is 1. The number of pyridine rings is 1. The molecule has 1 saturated heterocycles. The SMILES string of the molecule is CCN1CCN([C@@H](c2cccnc2)c2c(C)[nH]c3ccccc23)CC1. The number of likely N-dealkylation sites (N-methyl/N-ethyl adjacent to an activating group) is 1. The van der Waals surface area contributed by atoms with Gasteiger partial charge in [0.05, 0.1) is 6.04 Å². The molecule has 0 bridgehead atoms. The van der Waals surface area contributed by atoms with Gasteiger partial charge >= 0.3 is 0 Å². The van der Waals surface area contributed by atoms with Crippen LogP contribution in [0.25, 0.3) is 10.9 Å². The largest absolute Gasteiger partial charge is 0.358 e. The summed E-state index contributed by atoms with van der Waals surface area (Å²) >= 11 is 0. The Kier molecular flexibility index (Phi) is 4.55. The van der Waals surface area contributed by atoms with Crippen molar-refractivity contribution < 1.29 is 0 Å². The van der Waals surface area contributed by atoms with E-state index in [4.69, 9.17) is 0 Å². The highest BCUT2D eigenvalue weighted by molar-refractivity contribution is 5.85. The number of benzene rings is 1. The molecule has 3 aromatic rings. The third-order valence-corrected chi connectivity index (χ3v) is 5.44. The van der Waals surface area contributed by atoms with Crippen LogP contribution in [0.5, 0.6) is 0 Å². The van der Waals surface area contributed by atoms with Gasteiger partial charge in [0.1, 0.15) is 0 Å². The summed E-state index contributed by atoms with van der Waals surface area (Å²) in [6.45, 7) is 10.0. The zero-order valence-corrected chi connectivity index (χ0v) is 15.1. The average molecular weight is 334 g/mol. The minimum Gasteiger partial charge on any atom is -0.358 e. The second-order valence-corrected chi connectivity index (χ2v) is 6.87. The van der Waals surface area contributed by atoms with Gasteiger partial charge in [-0.2, -0.15) is 0 Å². The molecule has 4 heteroatoms. The molecule has 3 heterocycles. The zero-order chi connectivity index (χ0) is 17.2. The van der Waals surface area contributed by atoms with E-state index in [2.05, 4.69) is 70.0 Å². The van der Waals surface area contributed by atoms with E-state index < -0.39 is 0 Å². The summed E-state index contributed by atoms with van der Waals surface area (Å²) in [5.74, 6) is 0. The molecule has 0 aliphatic carbocycles. The first-order valence-corrected chi connectivity index (χ1v) is 9.21. The van der Waals surface area contributed by atoms with Crippen molar-refractivity contribution in [3.05, 3.63) is 65.6 Å². The van der Waals surface area contributed by atoms with E-state index in [-0.39, 0.29) is 6.04 Å². The Morgan fingerprint density at radius 1 is 1.08 bits per heavy atom. The molecular weight excluding hydrogens is 308 g/mol.